The van der Waals surface area contributed by atoms with E-state index in [0.29, 0.717) is 0 Å². The Morgan fingerprint density at radius 2 is 0.739 bits per heavy atom. The zero-order valence-corrected chi connectivity index (χ0v) is 25.4. The summed E-state index contributed by atoms with van der Waals surface area (Å²) in [6, 6.07) is 58.9. The van der Waals surface area contributed by atoms with E-state index in [1.165, 1.54) is 71.6 Å². The van der Waals surface area contributed by atoms with Crippen LogP contribution in [0, 0.1) is 0 Å². The molecule has 2 aromatic heterocycles. The van der Waals surface area contributed by atoms with E-state index < -0.39 is 0 Å². The van der Waals surface area contributed by atoms with Crippen molar-refractivity contribution in [1.29, 1.82) is 0 Å². The summed E-state index contributed by atoms with van der Waals surface area (Å²) in [6.45, 7) is 0. The number of methoxy groups -OCH3 is 1. The van der Waals surface area contributed by atoms with Gasteiger partial charge in [0.25, 0.3) is 0 Å². The van der Waals surface area contributed by atoms with Crippen molar-refractivity contribution in [2.45, 2.75) is 0 Å². The van der Waals surface area contributed by atoms with Crippen molar-refractivity contribution in [2.75, 3.05) is 7.11 Å². The highest BCUT2D eigenvalue weighted by Crippen LogP contribution is 2.39. The first-order chi connectivity index (χ1) is 22.8. The van der Waals surface area contributed by atoms with Gasteiger partial charge in [-0.2, -0.15) is 0 Å². The second kappa shape index (κ2) is 10.5. The van der Waals surface area contributed by atoms with E-state index in [9.17, 15) is 0 Å². The molecule has 0 N–H and O–H groups in total. The minimum absolute atomic E-state index is 0.860. The number of benzene rings is 7. The normalized spacial score (nSPS) is 11.6. The van der Waals surface area contributed by atoms with E-state index in [2.05, 4.69) is 161 Å². The number of hydrogen-bond donors (Lipinski definition) is 0. The molecule has 0 amide bonds. The molecule has 0 saturated heterocycles. The molecule has 3 heteroatoms. The number of fused-ring (bicyclic) bond motifs is 6. The van der Waals surface area contributed by atoms with Gasteiger partial charge in [-0.3, -0.25) is 0 Å². The Balaban J connectivity index is 1.26. The highest BCUT2D eigenvalue weighted by atomic mass is 16.5. The molecule has 7 aromatic carbocycles. The van der Waals surface area contributed by atoms with Crippen LogP contribution in [0.4, 0.5) is 0 Å². The largest absolute Gasteiger partial charge is 0.497 e. The van der Waals surface area contributed by atoms with Gasteiger partial charge in [0.2, 0.25) is 0 Å². The topological polar surface area (TPSA) is 19.1 Å². The van der Waals surface area contributed by atoms with E-state index in [1.54, 1.807) is 7.11 Å². The van der Waals surface area contributed by atoms with Crippen molar-refractivity contribution < 1.29 is 4.74 Å². The number of hydrogen-bond acceptors (Lipinski definition) is 1. The van der Waals surface area contributed by atoms with Crippen LogP contribution in [0.15, 0.2) is 164 Å². The predicted octanol–water partition coefficient (Wildman–Crippen LogP) is 11.2. The summed E-state index contributed by atoms with van der Waals surface area (Å²) in [7, 11) is 1.70. The lowest BCUT2D eigenvalue weighted by molar-refractivity contribution is 0.415. The molecule has 0 radical (unpaired) electrons. The summed E-state index contributed by atoms with van der Waals surface area (Å²) >= 11 is 0. The van der Waals surface area contributed by atoms with Crippen molar-refractivity contribution >= 4 is 43.6 Å². The van der Waals surface area contributed by atoms with E-state index in [4.69, 9.17) is 4.74 Å². The Kier molecular flexibility index (Phi) is 6.04. The lowest BCUT2D eigenvalue weighted by Gasteiger charge is -2.09. The minimum atomic E-state index is 0.860. The molecule has 0 fully saturated rings. The van der Waals surface area contributed by atoms with Crippen LogP contribution >= 0.6 is 0 Å². The highest BCUT2D eigenvalue weighted by Gasteiger charge is 2.16. The van der Waals surface area contributed by atoms with Gasteiger partial charge in [-0.1, -0.05) is 84.9 Å². The molecule has 0 aliphatic carbocycles. The molecule has 0 saturated carbocycles. The van der Waals surface area contributed by atoms with Gasteiger partial charge in [0.15, 0.2) is 0 Å². The van der Waals surface area contributed by atoms with Crippen molar-refractivity contribution in [3.63, 3.8) is 0 Å². The first kappa shape index (κ1) is 26.4. The van der Waals surface area contributed by atoms with Crippen LogP contribution in [0.2, 0.25) is 0 Å². The van der Waals surface area contributed by atoms with Crippen molar-refractivity contribution in [2.24, 2.45) is 0 Å². The van der Waals surface area contributed by atoms with E-state index in [1.807, 2.05) is 12.1 Å². The summed E-state index contributed by atoms with van der Waals surface area (Å²) in [5.41, 5.74) is 11.9. The molecule has 0 bridgehead atoms. The maximum absolute atomic E-state index is 5.41. The Morgan fingerprint density at radius 3 is 1.24 bits per heavy atom. The van der Waals surface area contributed by atoms with E-state index in [-0.39, 0.29) is 0 Å². The van der Waals surface area contributed by atoms with Gasteiger partial charge >= 0.3 is 0 Å². The van der Waals surface area contributed by atoms with Gasteiger partial charge in [-0.15, -0.1) is 0 Å². The van der Waals surface area contributed by atoms with Crippen LogP contribution in [0.5, 0.6) is 5.75 Å². The second-order valence-electron chi connectivity index (χ2n) is 11.8. The summed E-state index contributed by atoms with van der Waals surface area (Å²) in [4.78, 5) is 0. The monoisotopic (exact) mass is 590 g/mol. The van der Waals surface area contributed by atoms with Crippen LogP contribution in [0.25, 0.3) is 77.2 Å². The van der Waals surface area contributed by atoms with Gasteiger partial charge in [-0.05, 0) is 101 Å². The lowest BCUT2D eigenvalue weighted by atomic mass is 9.99. The van der Waals surface area contributed by atoms with Crippen molar-refractivity contribution in [3.8, 4) is 39.4 Å². The average Bonchev–Trinajstić information content (AvgIpc) is 3.64. The second-order valence-corrected chi connectivity index (χ2v) is 11.8. The molecule has 46 heavy (non-hydrogen) atoms. The van der Waals surface area contributed by atoms with E-state index >= 15 is 0 Å². The predicted molar refractivity (Wildman–Crippen MR) is 193 cm³/mol. The number of rotatable bonds is 5. The molecule has 0 aliphatic rings. The van der Waals surface area contributed by atoms with Gasteiger partial charge in [0.05, 0.1) is 29.2 Å². The molecule has 9 aromatic rings. The van der Waals surface area contributed by atoms with Crippen LogP contribution in [-0.2, 0) is 0 Å². The Hall–Kier alpha value is -6.06. The molecule has 218 valence electrons. The maximum Gasteiger partial charge on any atom is 0.118 e. The van der Waals surface area contributed by atoms with E-state index in [0.717, 1.165) is 11.4 Å². The van der Waals surface area contributed by atoms with Crippen molar-refractivity contribution in [3.05, 3.63) is 164 Å². The first-order valence-corrected chi connectivity index (χ1v) is 15.6. The molecule has 0 aliphatic heterocycles. The van der Waals surface area contributed by atoms with Gasteiger partial charge in [0, 0.05) is 32.9 Å². The number of nitrogens with zero attached hydrogens (tertiary/aromatic N) is 2. The maximum atomic E-state index is 5.41. The Bertz CT molecular complexity index is 2540. The Morgan fingerprint density at radius 1 is 0.348 bits per heavy atom. The average molecular weight is 591 g/mol. The highest BCUT2D eigenvalue weighted by molar-refractivity contribution is 6.13. The fourth-order valence-corrected chi connectivity index (χ4v) is 7.03. The van der Waals surface area contributed by atoms with Gasteiger partial charge in [-0.25, -0.2) is 0 Å². The first-order valence-electron chi connectivity index (χ1n) is 15.6. The molecular weight excluding hydrogens is 560 g/mol. The van der Waals surface area contributed by atoms with Crippen LogP contribution in [0.1, 0.15) is 0 Å². The number of para-hydroxylation sites is 3. The van der Waals surface area contributed by atoms with Crippen LogP contribution < -0.4 is 4.74 Å². The minimum Gasteiger partial charge on any atom is -0.497 e. The Labute approximate surface area is 267 Å². The summed E-state index contributed by atoms with van der Waals surface area (Å²) in [6.07, 6.45) is 0. The zero-order valence-electron chi connectivity index (χ0n) is 25.4. The zero-order chi connectivity index (χ0) is 30.6. The summed E-state index contributed by atoms with van der Waals surface area (Å²) in [5, 5.41) is 4.98. The molecule has 0 atom stereocenters. The lowest BCUT2D eigenvalue weighted by Crippen LogP contribution is -1.93. The standard InChI is InChI=1S/C43H30N2O/c1-46-35-21-16-29(17-22-35)30-18-23-42-38(26-30)39-28-32(20-25-43(39)45(42)34-12-6-3-7-13-34)31-19-24-41-37(27-31)36-14-8-9-15-40(36)44(41)33-10-4-2-5-11-33/h2-28H,1H3. The smallest absolute Gasteiger partial charge is 0.118 e. The molecule has 0 unspecified atom stereocenters. The molecule has 3 nitrogen and oxygen atoms in total. The van der Waals surface area contributed by atoms with Gasteiger partial charge < -0.3 is 13.9 Å². The number of ether oxygens (including phenoxy) is 1. The summed E-state index contributed by atoms with van der Waals surface area (Å²) < 4.78 is 10.2. The molecule has 2 heterocycles. The fourth-order valence-electron chi connectivity index (χ4n) is 7.03. The molecule has 0 spiro atoms. The molecular formula is C43H30N2O. The SMILES string of the molecule is COc1ccc(-c2ccc3c(c2)c2cc(-c4ccc5c(c4)c4ccccc4n5-c4ccccc4)ccc2n3-c2ccccc2)cc1. The molecule has 9 rings (SSSR count). The van der Waals surface area contributed by atoms with Gasteiger partial charge in [0.1, 0.15) is 5.75 Å². The van der Waals surface area contributed by atoms with Crippen molar-refractivity contribution in [1.82, 2.24) is 9.13 Å². The van der Waals surface area contributed by atoms with Crippen LogP contribution in [-0.4, -0.2) is 16.2 Å². The third-order valence-corrected chi connectivity index (χ3v) is 9.22. The quantitative estimate of drug-likeness (QED) is 0.195. The summed E-state index contributed by atoms with van der Waals surface area (Å²) in [5.74, 6) is 0.860. The third-order valence-electron chi connectivity index (χ3n) is 9.22. The third kappa shape index (κ3) is 4.13. The van der Waals surface area contributed by atoms with Crippen LogP contribution in [0.3, 0.4) is 0 Å². The fraction of sp³-hybridized carbons (Fsp3) is 0.0233. The number of aromatic nitrogens is 2.